The summed E-state index contributed by atoms with van der Waals surface area (Å²) in [7, 11) is -2.18. The van der Waals surface area contributed by atoms with Gasteiger partial charge >= 0.3 is 18.0 Å². The Kier molecular flexibility index (Phi) is 6.97. The molecule has 0 bridgehead atoms. The molecule has 10 heteroatoms. The molecule has 0 rings (SSSR count). The fourth-order valence-corrected chi connectivity index (χ4v) is 2.36. The number of esters is 1. The van der Waals surface area contributed by atoms with Gasteiger partial charge in [-0.2, -0.15) is 0 Å². The number of amides is 2. The maximum atomic E-state index is 11.5. The minimum Gasteiger partial charge on any atom is -0.480 e. The zero-order chi connectivity index (χ0) is 15.9. The van der Waals surface area contributed by atoms with Crippen LogP contribution in [0, 0.1) is 0 Å². The number of nitrogens with one attached hydrogen (secondary N) is 2. The summed E-state index contributed by atoms with van der Waals surface area (Å²) in [5.41, 5.74) is 0. The van der Waals surface area contributed by atoms with Crippen molar-refractivity contribution in [3.05, 3.63) is 0 Å². The van der Waals surface area contributed by atoms with Crippen LogP contribution < -0.4 is 10.6 Å². The van der Waals surface area contributed by atoms with Gasteiger partial charge in [0.25, 0.3) is 0 Å². The number of rotatable bonds is 7. The van der Waals surface area contributed by atoms with Crippen LogP contribution in [0.1, 0.15) is 13.3 Å². The Balaban J connectivity index is 4.47. The summed E-state index contributed by atoms with van der Waals surface area (Å²) in [6, 6.07) is -3.03. The van der Waals surface area contributed by atoms with Crippen molar-refractivity contribution in [2.24, 2.45) is 0 Å². The Morgan fingerprint density at radius 3 is 2.20 bits per heavy atom. The smallest absolute Gasteiger partial charge is 0.326 e. The minimum atomic E-state index is -3.27. The zero-order valence-electron chi connectivity index (χ0n) is 11.4. The molecule has 0 saturated carbocycles. The molecule has 0 heterocycles. The molecule has 0 radical (unpaired) electrons. The number of sulfone groups is 1. The van der Waals surface area contributed by atoms with Gasteiger partial charge in [0.05, 0.1) is 19.3 Å². The first-order valence-corrected chi connectivity index (χ1v) is 7.65. The predicted octanol–water partition coefficient (Wildman–Crippen LogP) is -1.26. The molecule has 0 aliphatic carbocycles. The maximum absolute atomic E-state index is 11.5. The summed E-state index contributed by atoms with van der Waals surface area (Å²) in [5, 5.41) is 13.2. The molecule has 0 aliphatic rings. The van der Waals surface area contributed by atoms with Crippen LogP contribution >= 0.6 is 0 Å². The molecule has 0 fully saturated rings. The first-order valence-electron chi connectivity index (χ1n) is 5.59. The highest BCUT2D eigenvalue weighted by Gasteiger charge is 2.24. The number of carboxylic acid groups (broad SMARTS) is 1. The van der Waals surface area contributed by atoms with Crippen molar-refractivity contribution < 1.29 is 32.6 Å². The van der Waals surface area contributed by atoms with Gasteiger partial charge in [-0.15, -0.1) is 0 Å². The lowest BCUT2D eigenvalue weighted by molar-refractivity contribution is -0.147. The Labute approximate surface area is 116 Å². The Morgan fingerprint density at radius 2 is 1.80 bits per heavy atom. The Morgan fingerprint density at radius 1 is 1.25 bits per heavy atom. The third-order valence-electron chi connectivity index (χ3n) is 2.13. The number of carbonyl (C=O) groups excluding carboxylic acids is 2. The van der Waals surface area contributed by atoms with Gasteiger partial charge in [-0.1, -0.05) is 0 Å². The van der Waals surface area contributed by atoms with E-state index >= 15 is 0 Å². The molecule has 0 aromatic heterocycles. The van der Waals surface area contributed by atoms with Gasteiger partial charge in [-0.25, -0.2) is 18.0 Å². The van der Waals surface area contributed by atoms with Crippen LogP contribution in [0.4, 0.5) is 4.79 Å². The van der Waals surface area contributed by atoms with Crippen LogP contribution in [0.3, 0.4) is 0 Å². The number of carboxylic acids is 1. The summed E-state index contributed by atoms with van der Waals surface area (Å²) in [6.07, 6.45) is 0.486. The molecule has 3 N–H and O–H groups in total. The zero-order valence-corrected chi connectivity index (χ0v) is 12.2. The number of carbonyl (C=O) groups is 3. The van der Waals surface area contributed by atoms with Gasteiger partial charge in [0.15, 0.2) is 0 Å². The highest BCUT2D eigenvalue weighted by atomic mass is 32.2. The van der Waals surface area contributed by atoms with E-state index in [0.29, 0.717) is 0 Å². The third-order valence-corrected chi connectivity index (χ3v) is 3.24. The second kappa shape index (κ2) is 7.68. The van der Waals surface area contributed by atoms with Gasteiger partial charge in [0.1, 0.15) is 15.9 Å². The molecule has 0 aromatic carbocycles. The van der Waals surface area contributed by atoms with Gasteiger partial charge < -0.3 is 20.5 Å². The molecular formula is C10H18N2O7S. The Bertz CT molecular complexity index is 474. The summed E-state index contributed by atoms with van der Waals surface area (Å²) >= 11 is 0. The molecule has 0 aromatic rings. The van der Waals surface area contributed by atoms with Crippen LogP contribution in [0.15, 0.2) is 0 Å². The van der Waals surface area contributed by atoms with E-state index in [0.717, 1.165) is 13.4 Å². The first kappa shape index (κ1) is 18.2. The highest BCUT2D eigenvalue weighted by molar-refractivity contribution is 7.90. The predicted molar refractivity (Wildman–Crippen MR) is 68.9 cm³/mol. The van der Waals surface area contributed by atoms with Crippen LogP contribution in [0.25, 0.3) is 0 Å². The molecule has 2 atom stereocenters. The lowest BCUT2D eigenvalue weighted by Crippen LogP contribution is -2.50. The topological polar surface area (TPSA) is 139 Å². The first-order chi connectivity index (χ1) is 9.05. The highest BCUT2D eigenvalue weighted by Crippen LogP contribution is 1.96. The number of hydrogen-bond acceptors (Lipinski definition) is 6. The van der Waals surface area contributed by atoms with E-state index in [1.165, 1.54) is 6.92 Å². The van der Waals surface area contributed by atoms with Crippen LogP contribution in [0.2, 0.25) is 0 Å². The van der Waals surface area contributed by atoms with Crippen molar-refractivity contribution in [3.8, 4) is 0 Å². The van der Waals surface area contributed by atoms with Gasteiger partial charge in [0.2, 0.25) is 0 Å². The van der Waals surface area contributed by atoms with E-state index in [1.807, 2.05) is 0 Å². The normalized spacial score (nSPS) is 13.9. The molecule has 116 valence electrons. The fraction of sp³-hybridized carbons (Fsp3) is 0.700. The van der Waals surface area contributed by atoms with Gasteiger partial charge in [0, 0.05) is 12.3 Å². The number of urea groups is 1. The minimum absolute atomic E-state index is 0.283. The average Bonchev–Trinajstić information content (AvgIpc) is 2.24. The maximum Gasteiger partial charge on any atom is 0.326 e. The number of ether oxygens (including phenoxy) is 1. The SMILES string of the molecule is COC(=O)C[C@H](NC(=O)NC(C)CS(C)(=O)=O)C(=O)O. The molecule has 9 nitrogen and oxygen atoms in total. The molecule has 20 heavy (non-hydrogen) atoms. The summed E-state index contributed by atoms with van der Waals surface area (Å²) in [6.45, 7) is 1.46. The van der Waals surface area contributed by atoms with Gasteiger partial charge in [-0.05, 0) is 6.92 Å². The molecule has 1 unspecified atom stereocenters. The van der Waals surface area contributed by atoms with Crippen LogP contribution in [0.5, 0.6) is 0 Å². The second-order valence-electron chi connectivity index (χ2n) is 4.28. The van der Waals surface area contributed by atoms with Crippen molar-refractivity contribution in [2.75, 3.05) is 19.1 Å². The quantitative estimate of drug-likeness (QED) is 0.498. The van der Waals surface area contributed by atoms with Crippen LogP contribution in [-0.2, 0) is 24.2 Å². The van der Waals surface area contributed by atoms with Crippen molar-refractivity contribution in [2.45, 2.75) is 25.4 Å². The monoisotopic (exact) mass is 310 g/mol. The van der Waals surface area contributed by atoms with E-state index in [1.54, 1.807) is 0 Å². The third kappa shape index (κ3) is 8.29. The van der Waals surface area contributed by atoms with Crippen molar-refractivity contribution in [1.82, 2.24) is 10.6 Å². The van der Waals surface area contributed by atoms with Crippen molar-refractivity contribution >= 4 is 27.8 Å². The lowest BCUT2D eigenvalue weighted by Gasteiger charge is -2.17. The van der Waals surface area contributed by atoms with E-state index in [2.05, 4.69) is 15.4 Å². The number of hydrogen-bond donors (Lipinski definition) is 3. The second-order valence-corrected chi connectivity index (χ2v) is 6.47. The summed E-state index contributed by atoms with van der Waals surface area (Å²) in [5.74, 6) is -2.47. The molecule has 2 amide bonds. The number of aliphatic carboxylic acids is 1. The Hall–Kier alpha value is -1.84. The van der Waals surface area contributed by atoms with E-state index in [9.17, 15) is 22.8 Å². The molecular weight excluding hydrogens is 292 g/mol. The van der Waals surface area contributed by atoms with Gasteiger partial charge in [-0.3, -0.25) is 4.79 Å². The lowest BCUT2D eigenvalue weighted by atomic mass is 10.2. The molecule has 0 spiro atoms. The van der Waals surface area contributed by atoms with E-state index in [-0.39, 0.29) is 5.75 Å². The van der Waals surface area contributed by atoms with Crippen LogP contribution in [-0.4, -0.2) is 62.7 Å². The van der Waals surface area contributed by atoms with E-state index < -0.39 is 46.3 Å². The standard InChI is InChI=1S/C10H18N2O7S/c1-6(5-20(3,17)18)11-10(16)12-7(9(14)15)4-8(13)19-2/h6-7H,4-5H2,1-3H3,(H,14,15)(H2,11,12,16)/t6?,7-/m0/s1. The van der Waals surface area contributed by atoms with Crippen molar-refractivity contribution in [3.63, 3.8) is 0 Å². The fourth-order valence-electron chi connectivity index (χ4n) is 1.37. The summed E-state index contributed by atoms with van der Waals surface area (Å²) in [4.78, 5) is 33.3. The number of methoxy groups -OCH3 is 1. The van der Waals surface area contributed by atoms with E-state index in [4.69, 9.17) is 5.11 Å². The largest absolute Gasteiger partial charge is 0.480 e. The van der Waals surface area contributed by atoms with Crippen molar-refractivity contribution in [1.29, 1.82) is 0 Å². The molecule has 0 aliphatic heterocycles. The average molecular weight is 310 g/mol. The summed E-state index contributed by atoms with van der Waals surface area (Å²) < 4.78 is 26.3. The molecule has 0 saturated heterocycles.